The van der Waals surface area contributed by atoms with E-state index in [1.54, 1.807) is 0 Å². The van der Waals surface area contributed by atoms with E-state index in [9.17, 15) is 4.39 Å². The number of aromatic nitrogens is 2. The van der Waals surface area contributed by atoms with Gasteiger partial charge in [0.2, 0.25) is 5.89 Å². The second-order valence-electron chi connectivity index (χ2n) is 5.20. The molecule has 0 spiro atoms. The fraction of sp³-hybridized carbons (Fsp3) is 0.467. The van der Waals surface area contributed by atoms with Crippen LogP contribution in [0.25, 0.3) is 0 Å². The van der Waals surface area contributed by atoms with Gasteiger partial charge in [-0.2, -0.15) is 4.98 Å². The van der Waals surface area contributed by atoms with E-state index in [0.29, 0.717) is 12.4 Å². The summed E-state index contributed by atoms with van der Waals surface area (Å²) in [5, 5.41) is 3.91. The quantitative estimate of drug-likeness (QED) is 0.863. The lowest BCUT2D eigenvalue weighted by molar-refractivity contribution is 0.215. The Morgan fingerprint density at radius 3 is 2.48 bits per heavy atom. The van der Waals surface area contributed by atoms with Crippen molar-refractivity contribution in [3.63, 3.8) is 0 Å². The molecule has 5 nitrogen and oxygen atoms in total. The van der Waals surface area contributed by atoms with E-state index >= 15 is 0 Å². The van der Waals surface area contributed by atoms with Crippen LogP contribution >= 0.6 is 0 Å². The molecular weight excluding hydrogens is 271 g/mol. The number of anilines is 1. The maximum Gasteiger partial charge on any atom is 0.240 e. The Morgan fingerprint density at radius 2 is 1.86 bits per heavy atom. The third kappa shape index (κ3) is 3.39. The Balaban J connectivity index is 1.54. The molecule has 0 atom stereocenters. The van der Waals surface area contributed by atoms with Gasteiger partial charge in [0.05, 0.1) is 6.54 Å². The summed E-state index contributed by atoms with van der Waals surface area (Å²) >= 11 is 0. The van der Waals surface area contributed by atoms with Crippen LogP contribution in [0.1, 0.15) is 18.6 Å². The number of aryl methyl sites for hydroxylation is 1. The molecule has 112 valence electrons. The number of halogens is 1. The van der Waals surface area contributed by atoms with Gasteiger partial charge in [0, 0.05) is 38.3 Å². The first kappa shape index (κ1) is 14.0. The van der Waals surface area contributed by atoms with E-state index in [2.05, 4.69) is 19.9 Å². The van der Waals surface area contributed by atoms with Crippen LogP contribution in [0.4, 0.5) is 10.1 Å². The molecule has 2 heterocycles. The van der Waals surface area contributed by atoms with Gasteiger partial charge in [0.1, 0.15) is 5.82 Å². The molecule has 1 aliphatic heterocycles. The van der Waals surface area contributed by atoms with Crippen molar-refractivity contribution in [3.8, 4) is 0 Å². The molecule has 0 amide bonds. The zero-order valence-electron chi connectivity index (χ0n) is 12.1. The van der Waals surface area contributed by atoms with Gasteiger partial charge in [-0.05, 0) is 24.3 Å². The van der Waals surface area contributed by atoms with Crippen LogP contribution in [-0.2, 0) is 13.0 Å². The molecule has 0 aliphatic carbocycles. The molecule has 0 radical (unpaired) electrons. The first-order chi connectivity index (χ1) is 10.2. The third-order valence-electron chi connectivity index (χ3n) is 3.75. The first-order valence-electron chi connectivity index (χ1n) is 7.29. The number of piperazine rings is 1. The summed E-state index contributed by atoms with van der Waals surface area (Å²) in [6.07, 6.45) is 0.793. The molecule has 1 aromatic carbocycles. The fourth-order valence-electron chi connectivity index (χ4n) is 2.51. The standard InChI is InChI=1S/C15H19FN4O/c1-2-14-17-15(21-18-14)11-19-7-9-20(10-8-19)13-5-3-12(16)4-6-13/h3-6H,2,7-11H2,1H3. The smallest absolute Gasteiger partial charge is 0.240 e. The number of hydrogen-bond donors (Lipinski definition) is 0. The van der Waals surface area contributed by atoms with E-state index in [-0.39, 0.29) is 5.82 Å². The summed E-state index contributed by atoms with van der Waals surface area (Å²) in [4.78, 5) is 8.90. The molecule has 0 bridgehead atoms. The SMILES string of the molecule is CCc1noc(CN2CCN(c3ccc(F)cc3)CC2)n1. The normalized spacial score (nSPS) is 16.4. The number of nitrogens with zero attached hydrogens (tertiary/aromatic N) is 4. The van der Waals surface area contributed by atoms with Crippen molar-refractivity contribution in [1.82, 2.24) is 15.0 Å². The molecule has 3 rings (SSSR count). The van der Waals surface area contributed by atoms with Gasteiger partial charge >= 0.3 is 0 Å². The van der Waals surface area contributed by atoms with Crippen LogP contribution in [0.2, 0.25) is 0 Å². The number of rotatable bonds is 4. The summed E-state index contributed by atoms with van der Waals surface area (Å²) in [6.45, 7) is 6.41. The maximum atomic E-state index is 12.9. The lowest BCUT2D eigenvalue weighted by atomic mass is 10.2. The molecule has 1 fully saturated rings. The van der Waals surface area contributed by atoms with E-state index in [4.69, 9.17) is 4.52 Å². The highest BCUT2D eigenvalue weighted by atomic mass is 19.1. The van der Waals surface area contributed by atoms with E-state index in [1.165, 1.54) is 12.1 Å². The van der Waals surface area contributed by atoms with Crippen LogP contribution in [-0.4, -0.2) is 41.2 Å². The van der Waals surface area contributed by atoms with Gasteiger partial charge in [-0.3, -0.25) is 4.90 Å². The van der Waals surface area contributed by atoms with Crippen LogP contribution in [0.3, 0.4) is 0 Å². The van der Waals surface area contributed by atoms with Crippen molar-refractivity contribution in [2.24, 2.45) is 0 Å². The summed E-state index contributed by atoms with van der Waals surface area (Å²) in [6, 6.07) is 6.67. The summed E-state index contributed by atoms with van der Waals surface area (Å²) in [5.41, 5.74) is 1.07. The maximum absolute atomic E-state index is 12.9. The molecule has 6 heteroatoms. The molecule has 1 saturated heterocycles. The third-order valence-corrected chi connectivity index (χ3v) is 3.75. The summed E-state index contributed by atoms with van der Waals surface area (Å²) in [7, 11) is 0. The molecular formula is C15H19FN4O. The Morgan fingerprint density at radius 1 is 1.14 bits per heavy atom. The minimum absolute atomic E-state index is 0.194. The second-order valence-corrected chi connectivity index (χ2v) is 5.20. The van der Waals surface area contributed by atoms with Crippen LogP contribution in [0.15, 0.2) is 28.8 Å². The van der Waals surface area contributed by atoms with Crippen molar-refractivity contribution >= 4 is 5.69 Å². The predicted octanol–water partition coefficient (Wildman–Crippen LogP) is 2.09. The second kappa shape index (κ2) is 6.22. The highest BCUT2D eigenvalue weighted by Crippen LogP contribution is 2.17. The van der Waals surface area contributed by atoms with Crippen molar-refractivity contribution in [1.29, 1.82) is 0 Å². The van der Waals surface area contributed by atoms with Crippen molar-refractivity contribution in [2.75, 3.05) is 31.1 Å². The van der Waals surface area contributed by atoms with E-state index < -0.39 is 0 Å². The van der Waals surface area contributed by atoms with Gasteiger partial charge in [0.15, 0.2) is 5.82 Å². The molecule has 2 aromatic rings. The first-order valence-corrected chi connectivity index (χ1v) is 7.29. The highest BCUT2D eigenvalue weighted by molar-refractivity contribution is 5.46. The molecule has 21 heavy (non-hydrogen) atoms. The van der Waals surface area contributed by atoms with Gasteiger partial charge in [0.25, 0.3) is 0 Å². The van der Waals surface area contributed by atoms with Gasteiger partial charge in [-0.25, -0.2) is 4.39 Å². The predicted molar refractivity (Wildman–Crippen MR) is 77.6 cm³/mol. The van der Waals surface area contributed by atoms with Crippen molar-refractivity contribution < 1.29 is 8.91 Å². The van der Waals surface area contributed by atoms with Crippen molar-refractivity contribution in [3.05, 3.63) is 41.8 Å². The lowest BCUT2D eigenvalue weighted by Gasteiger charge is -2.35. The van der Waals surface area contributed by atoms with Gasteiger partial charge in [-0.1, -0.05) is 12.1 Å². The fourth-order valence-corrected chi connectivity index (χ4v) is 2.51. The van der Waals surface area contributed by atoms with Crippen LogP contribution in [0, 0.1) is 5.82 Å². The summed E-state index contributed by atoms with van der Waals surface area (Å²) < 4.78 is 18.2. The number of benzene rings is 1. The average molecular weight is 290 g/mol. The van der Waals surface area contributed by atoms with Gasteiger partial charge in [-0.15, -0.1) is 0 Å². The zero-order chi connectivity index (χ0) is 14.7. The Bertz CT molecular complexity index is 576. The zero-order valence-corrected chi connectivity index (χ0v) is 12.1. The molecule has 0 unspecified atom stereocenters. The molecule has 0 saturated carbocycles. The monoisotopic (exact) mass is 290 g/mol. The Labute approximate surface area is 123 Å². The average Bonchev–Trinajstić information content (AvgIpc) is 2.97. The highest BCUT2D eigenvalue weighted by Gasteiger charge is 2.19. The van der Waals surface area contributed by atoms with E-state index in [0.717, 1.165) is 44.1 Å². The topological polar surface area (TPSA) is 45.4 Å². The van der Waals surface area contributed by atoms with Crippen LogP contribution < -0.4 is 4.90 Å². The molecule has 0 N–H and O–H groups in total. The minimum atomic E-state index is -0.194. The molecule has 1 aromatic heterocycles. The largest absolute Gasteiger partial charge is 0.369 e. The number of hydrogen-bond acceptors (Lipinski definition) is 5. The lowest BCUT2D eigenvalue weighted by Crippen LogP contribution is -2.46. The van der Waals surface area contributed by atoms with Gasteiger partial charge < -0.3 is 9.42 Å². The van der Waals surface area contributed by atoms with Crippen molar-refractivity contribution in [2.45, 2.75) is 19.9 Å². The minimum Gasteiger partial charge on any atom is -0.369 e. The van der Waals surface area contributed by atoms with E-state index in [1.807, 2.05) is 19.1 Å². The Kier molecular flexibility index (Phi) is 4.15. The Hall–Kier alpha value is -1.95. The molecule has 1 aliphatic rings. The summed E-state index contributed by atoms with van der Waals surface area (Å²) in [5.74, 6) is 1.25. The van der Waals surface area contributed by atoms with Crippen LogP contribution in [0.5, 0.6) is 0 Å².